The van der Waals surface area contributed by atoms with Gasteiger partial charge in [-0.1, -0.05) is 37.6 Å². The van der Waals surface area contributed by atoms with Crippen LogP contribution in [0, 0.1) is 12.8 Å². The Labute approximate surface area is 193 Å². The van der Waals surface area contributed by atoms with E-state index in [1.165, 1.54) is 27.8 Å². The number of alkyl carbamates (subject to hydrolysis) is 1. The highest BCUT2D eigenvalue weighted by molar-refractivity contribution is 5.83. The number of aryl methyl sites for hydroxylation is 1. The summed E-state index contributed by atoms with van der Waals surface area (Å²) in [5.41, 5.74) is 6.58. The van der Waals surface area contributed by atoms with Crippen molar-refractivity contribution in [1.29, 1.82) is 0 Å². The lowest BCUT2D eigenvalue weighted by Gasteiger charge is -2.38. The second-order valence-corrected chi connectivity index (χ2v) is 10.7. The second-order valence-electron chi connectivity index (χ2n) is 10.7. The molecule has 1 N–H and O–H groups in total. The molecule has 1 unspecified atom stereocenters. The van der Waals surface area contributed by atoms with Crippen LogP contribution in [-0.2, 0) is 16.0 Å². The van der Waals surface area contributed by atoms with E-state index in [1.54, 1.807) is 0 Å². The fourth-order valence-corrected chi connectivity index (χ4v) is 4.86. The third kappa shape index (κ3) is 6.14. The minimum absolute atomic E-state index is 0.207. The third-order valence-electron chi connectivity index (χ3n) is 6.24. The van der Waals surface area contributed by atoms with Crippen LogP contribution in [0.1, 0.15) is 83.4 Å². The van der Waals surface area contributed by atoms with E-state index in [0.717, 1.165) is 38.6 Å². The molecule has 176 valence electrons. The first-order valence-corrected chi connectivity index (χ1v) is 12.1. The maximum Gasteiger partial charge on any atom is 0.407 e. The van der Waals surface area contributed by atoms with Gasteiger partial charge in [-0.25, -0.2) is 4.79 Å². The van der Waals surface area contributed by atoms with Gasteiger partial charge in [0.15, 0.2) is 0 Å². The molecule has 0 saturated carbocycles. The van der Waals surface area contributed by atoms with Crippen molar-refractivity contribution in [1.82, 2.24) is 10.2 Å². The van der Waals surface area contributed by atoms with Gasteiger partial charge in [-0.15, -0.1) is 0 Å². The van der Waals surface area contributed by atoms with Crippen LogP contribution < -0.4 is 5.32 Å². The van der Waals surface area contributed by atoms with Gasteiger partial charge in [0.1, 0.15) is 5.60 Å². The Hall–Kier alpha value is -2.30. The molecule has 5 heteroatoms. The number of nitrogens with zero attached hydrogens (tertiary/aromatic N) is 1. The Morgan fingerprint density at radius 2 is 1.97 bits per heavy atom. The Kier molecular flexibility index (Phi) is 7.68. The van der Waals surface area contributed by atoms with E-state index in [-0.39, 0.29) is 11.9 Å². The lowest BCUT2D eigenvalue weighted by molar-refractivity contribution is -0.133. The zero-order chi connectivity index (χ0) is 23.5. The molecule has 1 heterocycles. The van der Waals surface area contributed by atoms with Crippen molar-refractivity contribution >= 4 is 17.6 Å². The van der Waals surface area contributed by atoms with E-state index < -0.39 is 11.7 Å². The quantitative estimate of drug-likeness (QED) is 0.558. The average Bonchev–Trinajstić information content (AvgIpc) is 3.04. The number of carbonyl (C=O) groups excluding carboxylic acids is 2. The predicted octanol–water partition coefficient (Wildman–Crippen LogP) is 5.65. The van der Waals surface area contributed by atoms with Crippen molar-refractivity contribution in [2.24, 2.45) is 5.92 Å². The minimum atomic E-state index is -0.494. The van der Waals surface area contributed by atoms with Gasteiger partial charge in [-0.3, -0.25) is 4.79 Å². The maximum atomic E-state index is 13.2. The van der Waals surface area contributed by atoms with Crippen molar-refractivity contribution in [3.05, 3.63) is 40.5 Å². The van der Waals surface area contributed by atoms with Crippen LogP contribution in [0.4, 0.5) is 4.79 Å². The smallest absolute Gasteiger partial charge is 0.407 e. The molecule has 1 aromatic carbocycles. The summed E-state index contributed by atoms with van der Waals surface area (Å²) in [7, 11) is 0. The van der Waals surface area contributed by atoms with E-state index in [0.29, 0.717) is 18.9 Å². The van der Waals surface area contributed by atoms with Crippen molar-refractivity contribution in [3.8, 4) is 0 Å². The highest BCUT2D eigenvalue weighted by Gasteiger charge is 2.36. The Balaban J connectivity index is 1.57. The molecule has 0 spiro atoms. The van der Waals surface area contributed by atoms with Crippen LogP contribution in [0.3, 0.4) is 0 Å². The average molecular weight is 441 g/mol. The van der Waals surface area contributed by atoms with Gasteiger partial charge in [0.2, 0.25) is 5.91 Å². The van der Waals surface area contributed by atoms with E-state index in [2.05, 4.69) is 49.2 Å². The molecule has 1 aliphatic carbocycles. The summed E-state index contributed by atoms with van der Waals surface area (Å²) in [4.78, 5) is 27.1. The summed E-state index contributed by atoms with van der Waals surface area (Å²) in [6, 6.07) is 6.99. The summed E-state index contributed by atoms with van der Waals surface area (Å²) < 4.78 is 5.26. The first-order valence-electron chi connectivity index (χ1n) is 12.1. The van der Waals surface area contributed by atoms with Gasteiger partial charge in [0, 0.05) is 19.5 Å². The molecule has 3 rings (SSSR count). The van der Waals surface area contributed by atoms with Gasteiger partial charge >= 0.3 is 6.09 Å². The number of ether oxygens (including phenoxy) is 1. The van der Waals surface area contributed by atoms with Crippen LogP contribution in [0.25, 0.3) is 5.57 Å². The zero-order valence-electron chi connectivity index (χ0n) is 20.7. The normalized spacial score (nSPS) is 18.0. The molecule has 32 heavy (non-hydrogen) atoms. The van der Waals surface area contributed by atoms with Crippen molar-refractivity contribution < 1.29 is 14.3 Å². The maximum absolute atomic E-state index is 13.2. The summed E-state index contributed by atoms with van der Waals surface area (Å²) in [5.74, 6) is 0.775. The molecule has 5 nitrogen and oxygen atoms in total. The highest BCUT2D eigenvalue weighted by atomic mass is 16.6. The molecule has 2 amide bonds. The number of carbonyl (C=O) groups is 2. The molecule has 2 aliphatic rings. The molecule has 0 fully saturated rings. The molecule has 0 saturated heterocycles. The fraction of sp³-hybridized carbons (Fsp3) is 0.630. The number of hydrogen-bond donors (Lipinski definition) is 1. The Bertz CT molecular complexity index is 879. The SMILES string of the molecule is Cc1ccc2c(c1)C1=C(C2)C(CC(C)C)N(C(=O)CCCCNC(=O)OC(C)(C)C)CC1. The summed E-state index contributed by atoms with van der Waals surface area (Å²) in [5, 5.41) is 2.78. The topological polar surface area (TPSA) is 58.6 Å². The Morgan fingerprint density at radius 1 is 1.22 bits per heavy atom. The molecular weight excluding hydrogens is 400 g/mol. The lowest BCUT2D eigenvalue weighted by Crippen LogP contribution is -2.45. The fourth-order valence-electron chi connectivity index (χ4n) is 4.86. The van der Waals surface area contributed by atoms with Gasteiger partial charge in [-0.2, -0.15) is 0 Å². The molecular formula is C27H40N2O3. The first-order chi connectivity index (χ1) is 15.0. The molecule has 0 bridgehead atoms. The number of amides is 2. The van der Waals surface area contributed by atoms with E-state index >= 15 is 0 Å². The number of unbranched alkanes of at least 4 members (excludes halogenated alkanes) is 1. The van der Waals surface area contributed by atoms with Gasteiger partial charge in [0.25, 0.3) is 0 Å². The Morgan fingerprint density at radius 3 is 2.66 bits per heavy atom. The number of hydrogen-bond acceptors (Lipinski definition) is 3. The first kappa shape index (κ1) is 24.3. The second kappa shape index (κ2) is 10.1. The number of nitrogens with one attached hydrogen (secondary N) is 1. The van der Waals surface area contributed by atoms with Gasteiger partial charge in [0.05, 0.1) is 6.04 Å². The van der Waals surface area contributed by atoms with Crippen molar-refractivity contribution in [2.75, 3.05) is 13.1 Å². The zero-order valence-corrected chi connectivity index (χ0v) is 20.7. The molecule has 0 aromatic heterocycles. The van der Waals surface area contributed by atoms with Crippen LogP contribution in [-0.4, -0.2) is 41.6 Å². The number of benzene rings is 1. The largest absolute Gasteiger partial charge is 0.444 e. The van der Waals surface area contributed by atoms with Gasteiger partial charge < -0.3 is 15.0 Å². The molecule has 1 atom stereocenters. The third-order valence-corrected chi connectivity index (χ3v) is 6.24. The minimum Gasteiger partial charge on any atom is -0.444 e. The number of fused-ring (bicyclic) bond motifs is 2. The molecule has 1 aromatic rings. The van der Waals surface area contributed by atoms with E-state index in [1.807, 2.05) is 20.8 Å². The van der Waals surface area contributed by atoms with Crippen molar-refractivity contribution in [2.45, 2.75) is 91.7 Å². The summed E-state index contributed by atoms with van der Waals surface area (Å²) in [6.45, 7) is 13.5. The summed E-state index contributed by atoms with van der Waals surface area (Å²) in [6.07, 6.45) is 4.61. The number of rotatable bonds is 7. The summed E-state index contributed by atoms with van der Waals surface area (Å²) >= 11 is 0. The van der Waals surface area contributed by atoms with Gasteiger partial charge in [-0.05, 0) is 88.0 Å². The van der Waals surface area contributed by atoms with Crippen LogP contribution in [0.5, 0.6) is 0 Å². The lowest BCUT2D eigenvalue weighted by atomic mass is 9.87. The molecule has 0 radical (unpaired) electrons. The van der Waals surface area contributed by atoms with Crippen LogP contribution in [0.2, 0.25) is 0 Å². The van der Waals surface area contributed by atoms with Crippen LogP contribution in [0.15, 0.2) is 23.8 Å². The van der Waals surface area contributed by atoms with Crippen LogP contribution >= 0.6 is 0 Å². The predicted molar refractivity (Wildman–Crippen MR) is 129 cm³/mol. The van der Waals surface area contributed by atoms with E-state index in [9.17, 15) is 9.59 Å². The molecule has 1 aliphatic heterocycles. The van der Waals surface area contributed by atoms with Crippen molar-refractivity contribution in [3.63, 3.8) is 0 Å². The van der Waals surface area contributed by atoms with E-state index in [4.69, 9.17) is 4.74 Å². The highest BCUT2D eigenvalue weighted by Crippen LogP contribution is 2.43. The monoisotopic (exact) mass is 440 g/mol. The standard InChI is InChI=1S/C27H40N2O3/c1-18(2)15-24-23-17-20-11-10-19(3)16-22(20)21(23)12-14-29(24)25(30)9-7-8-13-28-26(31)32-27(4,5)6/h10-11,16,18,24H,7-9,12-15,17H2,1-6H3,(H,28,31).